The molecule has 1 aliphatic rings. The molecular weight excluding hydrogens is 294 g/mol. The van der Waals surface area contributed by atoms with Crippen molar-refractivity contribution in [1.29, 1.82) is 0 Å². The number of halogens is 1. The molecule has 0 aromatic carbocycles. The van der Waals surface area contributed by atoms with Gasteiger partial charge in [0.05, 0.1) is 15.9 Å². The smallest absolute Gasteiger partial charge is 0.0767 e. The number of aryl methyl sites for hydroxylation is 2. The van der Waals surface area contributed by atoms with Crippen LogP contribution in [0.2, 0.25) is 0 Å². The van der Waals surface area contributed by atoms with Crippen molar-refractivity contribution in [1.82, 2.24) is 15.1 Å². The van der Waals surface area contributed by atoms with Crippen LogP contribution in [0.15, 0.2) is 4.47 Å². The van der Waals surface area contributed by atoms with Crippen LogP contribution in [-0.4, -0.2) is 29.5 Å². The second kappa shape index (κ2) is 6.68. The minimum atomic E-state index is 0.761. The Labute approximate surface area is 117 Å². The predicted molar refractivity (Wildman–Crippen MR) is 75.5 cm³/mol. The second-order valence-electron chi connectivity index (χ2n) is 4.87. The molecule has 1 fully saturated rings. The van der Waals surface area contributed by atoms with Gasteiger partial charge < -0.3 is 10.1 Å². The van der Waals surface area contributed by atoms with Gasteiger partial charge in [-0.2, -0.15) is 5.10 Å². The van der Waals surface area contributed by atoms with E-state index >= 15 is 0 Å². The average molecular weight is 316 g/mol. The first kappa shape index (κ1) is 14.0. The molecule has 2 heterocycles. The van der Waals surface area contributed by atoms with Gasteiger partial charge in [-0.05, 0) is 47.7 Å². The summed E-state index contributed by atoms with van der Waals surface area (Å²) in [6.07, 6.45) is 3.33. The van der Waals surface area contributed by atoms with Crippen molar-refractivity contribution < 1.29 is 4.74 Å². The summed E-state index contributed by atoms with van der Waals surface area (Å²) in [4.78, 5) is 0. The van der Waals surface area contributed by atoms with Crippen molar-refractivity contribution in [3.63, 3.8) is 0 Å². The van der Waals surface area contributed by atoms with Gasteiger partial charge in [-0.15, -0.1) is 0 Å². The zero-order chi connectivity index (χ0) is 13.0. The summed E-state index contributed by atoms with van der Waals surface area (Å²) in [6, 6.07) is 0. The maximum atomic E-state index is 5.37. The lowest BCUT2D eigenvalue weighted by Gasteiger charge is -2.22. The standard InChI is InChI=1S/C13H22BrN3O/c1-3-11-13(14)12(17(2)16-11)9-15-8-10-4-6-18-7-5-10/h10,15H,3-9H2,1-2H3. The van der Waals surface area contributed by atoms with Crippen LogP contribution < -0.4 is 5.32 Å². The van der Waals surface area contributed by atoms with E-state index in [1.165, 1.54) is 18.5 Å². The summed E-state index contributed by atoms with van der Waals surface area (Å²) < 4.78 is 8.50. The van der Waals surface area contributed by atoms with Crippen LogP contribution in [0.5, 0.6) is 0 Å². The molecule has 1 N–H and O–H groups in total. The Kier molecular flexibility index (Phi) is 5.21. The number of nitrogens with zero attached hydrogens (tertiary/aromatic N) is 2. The van der Waals surface area contributed by atoms with E-state index in [9.17, 15) is 0 Å². The summed E-state index contributed by atoms with van der Waals surface area (Å²) in [5, 5.41) is 8.05. The van der Waals surface area contributed by atoms with E-state index < -0.39 is 0 Å². The van der Waals surface area contributed by atoms with E-state index in [4.69, 9.17) is 4.74 Å². The Morgan fingerprint density at radius 2 is 2.17 bits per heavy atom. The highest BCUT2D eigenvalue weighted by Crippen LogP contribution is 2.21. The van der Waals surface area contributed by atoms with Crippen LogP contribution in [0.1, 0.15) is 31.2 Å². The monoisotopic (exact) mass is 315 g/mol. The van der Waals surface area contributed by atoms with Gasteiger partial charge in [-0.25, -0.2) is 0 Å². The van der Waals surface area contributed by atoms with Gasteiger partial charge in [0, 0.05) is 26.8 Å². The van der Waals surface area contributed by atoms with Gasteiger partial charge in [0.25, 0.3) is 0 Å². The first-order valence-electron chi connectivity index (χ1n) is 6.71. The maximum Gasteiger partial charge on any atom is 0.0767 e. The highest BCUT2D eigenvalue weighted by molar-refractivity contribution is 9.10. The Balaban J connectivity index is 1.84. The lowest BCUT2D eigenvalue weighted by molar-refractivity contribution is 0.0662. The van der Waals surface area contributed by atoms with E-state index in [-0.39, 0.29) is 0 Å². The van der Waals surface area contributed by atoms with Crippen LogP contribution in [0, 0.1) is 5.92 Å². The molecule has 4 nitrogen and oxygen atoms in total. The fourth-order valence-electron chi connectivity index (χ4n) is 2.36. The molecule has 102 valence electrons. The predicted octanol–water partition coefficient (Wildman–Crippen LogP) is 2.26. The van der Waals surface area contributed by atoms with Gasteiger partial charge in [-0.3, -0.25) is 4.68 Å². The molecule has 18 heavy (non-hydrogen) atoms. The topological polar surface area (TPSA) is 39.1 Å². The molecule has 0 atom stereocenters. The molecule has 0 unspecified atom stereocenters. The Bertz CT molecular complexity index is 386. The molecule has 0 amide bonds. The molecular formula is C13H22BrN3O. The average Bonchev–Trinajstić information content (AvgIpc) is 2.67. The Hall–Kier alpha value is -0.390. The normalized spacial score (nSPS) is 17.3. The molecule has 1 aromatic heterocycles. The van der Waals surface area contributed by atoms with Crippen LogP contribution in [0.3, 0.4) is 0 Å². The third-order valence-electron chi connectivity index (χ3n) is 3.57. The molecule has 0 bridgehead atoms. The van der Waals surface area contributed by atoms with Crippen molar-refractivity contribution in [2.75, 3.05) is 19.8 Å². The minimum absolute atomic E-state index is 0.761. The maximum absolute atomic E-state index is 5.37. The summed E-state index contributed by atoms with van der Waals surface area (Å²) in [5.74, 6) is 0.761. The third kappa shape index (κ3) is 3.33. The molecule has 1 aliphatic heterocycles. The summed E-state index contributed by atoms with van der Waals surface area (Å²) in [6.45, 7) is 5.92. The lowest BCUT2D eigenvalue weighted by atomic mass is 10.0. The lowest BCUT2D eigenvalue weighted by Crippen LogP contribution is -2.28. The first-order chi connectivity index (χ1) is 8.72. The van der Waals surface area contributed by atoms with E-state index in [1.807, 2.05) is 11.7 Å². The van der Waals surface area contributed by atoms with E-state index in [2.05, 4.69) is 33.3 Å². The number of nitrogens with one attached hydrogen (secondary N) is 1. The molecule has 1 saturated heterocycles. The van der Waals surface area contributed by atoms with Crippen molar-refractivity contribution in [3.05, 3.63) is 15.9 Å². The SMILES string of the molecule is CCc1nn(C)c(CNCC2CCOCC2)c1Br. The Morgan fingerprint density at radius 3 is 2.78 bits per heavy atom. The molecule has 0 saturated carbocycles. The second-order valence-corrected chi connectivity index (χ2v) is 5.66. The molecule has 0 spiro atoms. The van der Waals surface area contributed by atoms with Crippen molar-refractivity contribution >= 4 is 15.9 Å². The van der Waals surface area contributed by atoms with Gasteiger partial charge in [-0.1, -0.05) is 6.92 Å². The fraction of sp³-hybridized carbons (Fsp3) is 0.769. The summed E-state index contributed by atoms with van der Waals surface area (Å²) >= 11 is 3.65. The van der Waals surface area contributed by atoms with Crippen LogP contribution >= 0.6 is 15.9 Å². The summed E-state index contributed by atoms with van der Waals surface area (Å²) in [7, 11) is 2.01. The largest absolute Gasteiger partial charge is 0.381 e. The van der Waals surface area contributed by atoms with Gasteiger partial charge >= 0.3 is 0 Å². The van der Waals surface area contributed by atoms with Crippen LogP contribution in [-0.2, 0) is 24.8 Å². The van der Waals surface area contributed by atoms with Crippen molar-refractivity contribution in [2.24, 2.45) is 13.0 Å². The zero-order valence-electron chi connectivity index (χ0n) is 11.2. The van der Waals surface area contributed by atoms with Crippen molar-refractivity contribution in [2.45, 2.75) is 32.7 Å². The van der Waals surface area contributed by atoms with Crippen LogP contribution in [0.4, 0.5) is 0 Å². The molecule has 0 radical (unpaired) electrons. The van der Waals surface area contributed by atoms with Crippen molar-refractivity contribution in [3.8, 4) is 0 Å². The number of hydrogen-bond acceptors (Lipinski definition) is 3. The van der Waals surface area contributed by atoms with Gasteiger partial charge in [0.15, 0.2) is 0 Å². The van der Waals surface area contributed by atoms with Gasteiger partial charge in [0.2, 0.25) is 0 Å². The summed E-state index contributed by atoms with van der Waals surface area (Å²) in [5.41, 5.74) is 2.37. The zero-order valence-corrected chi connectivity index (χ0v) is 12.8. The number of hydrogen-bond donors (Lipinski definition) is 1. The number of aromatic nitrogens is 2. The molecule has 2 rings (SSSR count). The third-order valence-corrected chi connectivity index (χ3v) is 4.48. The highest BCUT2D eigenvalue weighted by Gasteiger charge is 2.15. The Morgan fingerprint density at radius 1 is 1.44 bits per heavy atom. The quantitative estimate of drug-likeness (QED) is 0.906. The number of rotatable bonds is 5. The minimum Gasteiger partial charge on any atom is -0.381 e. The van der Waals surface area contributed by atoms with E-state index in [0.29, 0.717) is 0 Å². The first-order valence-corrected chi connectivity index (χ1v) is 7.50. The molecule has 1 aromatic rings. The molecule has 0 aliphatic carbocycles. The highest BCUT2D eigenvalue weighted by atomic mass is 79.9. The van der Waals surface area contributed by atoms with Gasteiger partial charge in [0.1, 0.15) is 0 Å². The molecule has 5 heteroatoms. The van der Waals surface area contributed by atoms with E-state index in [1.54, 1.807) is 0 Å². The van der Waals surface area contributed by atoms with Crippen LogP contribution in [0.25, 0.3) is 0 Å². The fourth-order valence-corrected chi connectivity index (χ4v) is 3.11. The van der Waals surface area contributed by atoms with E-state index in [0.717, 1.165) is 48.8 Å². The number of ether oxygens (including phenoxy) is 1.